The molecule has 2 aromatic heterocycles. The van der Waals surface area contributed by atoms with Gasteiger partial charge in [-0.15, -0.1) is 5.10 Å². The standard InChI is InChI=1S/C23H21ClN6O2/c24-18-6-2-1-5-16(18)8-10-21-25-23(27-32-21)17-7-9-20-19(15-17)26-28-30(20)14-11-22(31)29-12-3-4-13-29/h1-2,5-10,15H,3-4,11-14H2/b10-8+. The number of likely N-dealkylation sites (tertiary alicyclic amines) is 1. The third kappa shape index (κ3) is 4.27. The summed E-state index contributed by atoms with van der Waals surface area (Å²) >= 11 is 6.17. The van der Waals surface area contributed by atoms with Crippen molar-refractivity contribution in [3.05, 3.63) is 58.9 Å². The number of nitrogens with zero attached hydrogens (tertiary/aromatic N) is 6. The zero-order valence-corrected chi connectivity index (χ0v) is 18.1. The van der Waals surface area contributed by atoms with Crippen molar-refractivity contribution in [3.63, 3.8) is 0 Å². The van der Waals surface area contributed by atoms with Gasteiger partial charge in [0.25, 0.3) is 5.89 Å². The third-order valence-corrected chi connectivity index (χ3v) is 5.86. The van der Waals surface area contributed by atoms with E-state index in [1.807, 2.05) is 53.4 Å². The summed E-state index contributed by atoms with van der Waals surface area (Å²) in [5.41, 5.74) is 3.23. The van der Waals surface area contributed by atoms with Gasteiger partial charge in [-0.05, 0) is 48.7 Å². The Morgan fingerprint density at radius 1 is 1.12 bits per heavy atom. The number of hydrogen-bond donors (Lipinski definition) is 0. The van der Waals surface area contributed by atoms with E-state index in [1.165, 1.54) is 0 Å². The fourth-order valence-electron chi connectivity index (χ4n) is 3.79. The van der Waals surface area contributed by atoms with Crippen molar-refractivity contribution in [1.29, 1.82) is 0 Å². The lowest BCUT2D eigenvalue weighted by molar-refractivity contribution is -0.130. The van der Waals surface area contributed by atoms with Crippen LogP contribution >= 0.6 is 11.6 Å². The van der Waals surface area contributed by atoms with Crippen molar-refractivity contribution < 1.29 is 9.32 Å². The van der Waals surface area contributed by atoms with Crippen molar-refractivity contribution in [3.8, 4) is 11.4 Å². The number of benzene rings is 2. The summed E-state index contributed by atoms with van der Waals surface area (Å²) in [6.45, 7) is 2.23. The topological polar surface area (TPSA) is 89.9 Å². The molecule has 8 nitrogen and oxygen atoms in total. The second-order valence-corrected chi connectivity index (χ2v) is 8.07. The summed E-state index contributed by atoms with van der Waals surface area (Å²) in [6.07, 6.45) is 6.16. The lowest BCUT2D eigenvalue weighted by Gasteiger charge is -2.14. The van der Waals surface area contributed by atoms with Crippen molar-refractivity contribution in [2.24, 2.45) is 0 Å². The Hall–Kier alpha value is -3.52. The summed E-state index contributed by atoms with van der Waals surface area (Å²) in [7, 11) is 0. The number of amides is 1. The van der Waals surface area contributed by atoms with E-state index in [1.54, 1.807) is 10.8 Å². The van der Waals surface area contributed by atoms with Gasteiger partial charge in [0.2, 0.25) is 11.7 Å². The van der Waals surface area contributed by atoms with Crippen molar-refractivity contribution in [2.45, 2.75) is 25.8 Å². The Balaban J connectivity index is 1.29. The zero-order chi connectivity index (χ0) is 21.9. The molecule has 0 aliphatic carbocycles. The smallest absolute Gasteiger partial charge is 0.250 e. The molecule has 2 aromatic carbocycles. The second-order valence-electron chi connectivity index (χ2n) is 7.67. The van der Waals surface area contributed by atoms with Gasteiger partial charge < -0.3 is 9.42 Å². The van der Waals surface area contributed by atoms with Crippen LogP contribution in [-0.4, -0.2) is 49.0 Å². The highest BCUT2D eigenvalue weighted by atomic mass is 35.5. The molecule has 32 heavy (non-hydrogen) atoms. The minimum absolute atomic E-state index is 0.173. The molecule has 0 unspecified atom stereocenters. The molecule has 0 N–H and O–H groups in total. The van der Waals surface area contributed by atoms with E-state index < -0.39 is 0 Å². The molecular weight excluding hydrogens is 428 g/mol. The second kappa shape index (κ2) is 8.92. The van der Waals surface area contributed by atoms with Crippen LogP contribution in [0.5, 0.6) is 0 Å². The van der Waals surface area contributed by atoms with Crippen LogP contribution in [-0.2, 0) is 11.3 Å². The van der Waals surface area contributed by atoms with E-state index in [4.69, 9.17) is 16.1 Å². The van der Waals surface area contributed by atoms with Gasteiger partial charge in [0.1, 0.15) is 5.52 Å². The van der Waals surface area contributed by atoms with Crippen molar-refractivity contribution in [2.75, 3.05) is 13.1 Å². The lowest BCUT2D eigenvalue weighted by atomic mass is 10.2. The Morgan fingerprint density at radius 2 is 1.97 bits per heavy atom. The number of rotatable bonds is 6. The maximum Gasteiger partial charge on any atom is 0.250 e. The summed E-state index contributed by atoms with van der Waals surface area (Å²) in [4.78, 5) is 18.7. The average Bonchev–Trinajstić information content (AvgIpc) is 3.58. The molecule has 1 aliphatic heterocycles. The van der Waals surface area contributed by atoms with Gasteiger partial charge in [0.05, 0.1) is 12.1 Å². The number of carbonyl (C=O) groups is 1. The van der Waals surface area contributed by atoms with E-state index in [2.05, 4.69) is 20.5 Å². The maximum atomic E-state index is 12.3. The van der Waals surface area contributed by atoms with Crippen LogP contribution in [0.1, 0.15) is 30.7 Å². The fourth-order valence-corrected chi connectivity index (χ4v) is 3.99. The highest BCUT2D eigenvalue weighted by Crippen LogP contribution is 2.23. The largest absolute Gasteiger partial charge is 0.343 e. The van der Waals surface area contributed by atoms with E-state index in [9.17, 15) is 4.79 Å². The highest BCUT2D eigenvalue weighted by Gasteiger charge is 2.18. The zero-order valence-electron chi connectivity index (χ0n) is 17.3. The van der Waals surface area contributed by atoms with E-state index >= 15 is 0 Å². The molecule has 1 amide bonds. The summed E-state index contributed by atoms with van der Waals surface area (Å²) in [5, 5.41) is 13.2. The van der Waals surface area contributed by atoms with Gasteiger partial charge in [-0.3, -0.25) is 4.79 Å². The van der Waals surface area contributed by atoms with E-state index in [-0.39, 0.29) is 5.91 Å². The molecule has 5 rings (SSSR count). The minimum atomic E-state index is 0.173. The van der Waals surface area contributed by atoms with Gasteiger partial charge in [0.15, 0.2) is 0 Å². The number of aromatic nitrogens is 5. The van der Waals surface area contributed by atoms with Crippen LogP contribution in [0.15, 0.2) is 47.0 Å². The lowest BCUT2D eigenvalue weighted by Crippen LogP contribution is -2.28. The molecular formula is C23H21ClN6O2. The molecule has 0 radical (unpaired) electrons. The molecule has 3 heterocycles. The third-order valence-electron chi connectivity index (χ3n) is 5.52. The van der Waals surface area contributed by atoms with Crippen LogP contribution < -0.4 is 0 Å². The molecule has 1 fully saturated rings. The number of aryl methyl sites for hydroxylation is 1. The molecule has 4 aromatic rings. The normalized spacial score (nSPS) is 14.1. The Morgan fingerprint density at radius 3 is 2.81 bits per heavy atom. The minimum Gasteiger partial charge on any atom is -0.343 e. The van der Waals surface area contributed by atoms with Crippen LogP contribution in [0.25, 0.3) is 34.6 Å². The number of carbonyl (C=O) groups excluding carboxylic acids is 1. The fraction of sp³-hybridized carbons (Fsp3) is 0.261. The van der Waals surface area contributed by atoms with Gasteiger partial charge in [-0.1, -0.05) is 40.2 Å². The Kier molecular flexibility index (Phi) is 5.68. The van der Waals surface area contributed by atoms with Crippen LogP contribution in [0.4, 0.5) is 0 Å². The van der Waals surface area contributed by atoms with Gasteiger partial charge in [-0.25, -0.2) is 4.68 Å². The first-order valence-electron chi connectivity index (χ1n) is 10.5. The molecule has 162 valence electrons. The molecule has 0 spiro atoms. The molecule has 9 heteroatoms. The number of hydrogen-bond acceptors (Lipinski definition) is 6. The molecule has 0 saturated carbocycles. The summed E-state index contributed by atoms with van der Waals surface area (Å²) < 4.78 is 7.10. The quantitative estimate of drug-likeness (QED) is 0.436. The van der Waals surface area contributed by atoms with E-state index in [0.717, 1.165) is 42.6 Å². The number of fused-ring (bicyclic) bond motifs is 1. The first kappa shape index (κ1) is 20.4. The monoisotopic (exact) mass is 448 g/mol. The highest BCUT2D eigenvalue weighted by molar-refractivity contribution is 6.32. The predicted octanol–water partition coefficient (Wildman–Crippen LogP) is 4.32. The first-order chi connectivity index (χ1) is 15.7. The van der Waals surface area contributed by atoms with Crippen LogP contribution in [0.3, 0.4) is 0 Å². The van der Waals surface area contributed by atoms with Crippen molar-refractivity contribution >= 4 is 40.7 Å². The van der Waals surface area contributed by atoms with Gasteiger partial charge in [0, 0.05) is 36.2 Å². The number of halogens is 1. The Labute approximate surface area is 189 Å². The summed E-state index contributed by atoms with van der Waals surface area (Å²) in [5.74, 6) is 1.01. The van der Waals surface area contributed by atoms with Crippen LogP contribution in [0.2, 0.25) is 5.02 Å². The average molecular weight is 449 g/mol. The van der Waals surface area contributed by atoms with Crippen LogP contribution in [0, 0.1) is 0 Å². The molecule has 1 saturated heterocycles. The molecule has 0 atom stereocenters. The van der Waals surface area contributed by atoms with Crippen molar-refractivity contribution in [1.82, 2.24) is 30.0 Å². The van der Waals surface area contributed by atoms with Gasteiger partial charge >= 0.3 is 0 Å². The van der Waals surface area contributed by atoms with E-state index in [0.29, 0.717) is 35.2 Å². The maximum absolute atomic E-state index is 12.3. The molecule has 0 bridgehead atoms. The predicted molar refractivity (Wildman–Crippen MR) is 122 cm³/mol. The molecule has 1 aliphatic rings. The SMILES string of the molecule is O=C(CCn1nnc2cc(-c3noc(/C=C/c4ccccc4Cl)n3)ccc21)N1CCCC1. The Bertz CT molecular complexity index is 1290. The van der Waals surface area contributed by atoms with Gasteiger partial charge in [-0.2, -0.15) is 4.98 Å². The summed E-state index contributed by atoms with van der Waals surface area (Å²) in [6, 6.07) is 13.2. The first-order valence-corrected chi connectivity index (χ1v) is 10.9.